The van der Waals surface area contributed by atoms with Crippen LogP contribution in [0.15, 0.2) is 30.3 Å². The molecule has 1 fully saturated rings. The van der Waals surface area contributed by atoms with Crippen molar-refractivity contribution in [1.82, 2.24) is 4.90 Å². The molecule has 1 aliphatic heterocycles. The summed E-state index contributed by atoms with van der Waals surface area (Å²) in [5, 5.41) is 0. The van der Waals surface area contributed by atoms with Crippen LogP contribution in [0.4, 0.5) is 0 Å². The highest BCUT2D eigenvalue weighted by Gasteiger charge is 2.33. The summed E-state index contributed by atoms with van der Waals surface area (Å²) in [6.07, 6.45) is 0.236. The van der Waals surface area contributed by atoms with Gasteiger partial charge in [-0.1, -0.05) is 30.3 Å². The van der Waals surface area contributed by atoms with Gasteiger partial charge in [-0.2, -0.15) is 0 Å². The number of hydrogen-bond donors (Lipinski definition) is 0. The van der Waals surface area contributed by atoms with Crippen LogP contribution in [0, 0.1) is 0 Å². The average molecular weight is 271 g/mol. The quantitative estimate of drug-likeness (QED) is 0.770. The largest absolute Gasteiger partial charge is 0.364 e. The number of ether oxygens (including phenoxy) is 1. The zero-order chi connectivity index (χ0) is 13.0. The summed E-state index contributed by atoms with van der Waals surface area (Å²) in [6, 6.07) is 10.1. The molecular weight excluding hydrogens is 253 g/mol. The number of benzene rings is 1. The molecule has 0 aliphatic carbocycles. The first-order chi connectivity index (χ1) is 8.68. The lowest BCUT2D eigenvalue weighted by Gasteiger charge is -2.25. The van der Waals surface area contributed by atoms with E-state index in [0.29, 0.717) is 13.3 Å². The summed E-state index contributed by atoms with van der Waals surface area (Å²) in [5.41, 5.74) is 1.15. The highest BCUT2D eigenvalue weighted by atomic mass is 31.2. The fraction of sp³-hybridized carbons (Fsp3) is 0.500. The average Bonchev–Trinajstić information content (AvgIpc) is 2.87. The fourth-order valence-electron chi connectivity index (χ4n) is 2.01. The molecule has 1 aromatic carbocycles. The Balaban J connectivity index is 2.11. The van der Waals surface area contributed by atoms with E-state index >= 15 is 0 Å². The Kier molecular flexibility index (Phi) is 4.54. The maximum atomic E-state index is 12.1. The van der Waals surface area contributed by atoms with Crippen molar-refractivity contribution in [3.63, 3.8) is 0 Å². The van der Waals surface area contributed by atoms with Crippen molar-refractivity contribution < 1.29 is 18.3 Å². The lowest BCUT2D eigenvalue weighted by molar-refractivity contribution is 0.141. The van der Waals surface area contributed by atoms with Crippen molar-refractivity contribution in [2.75, 3.05) is 33.8 Å². The predicted octanol–water partition coefficient (Wildman–Crippen LogP) is 2.46. The topological polar surface area (TPSA) is 48.0 Å². The van der Waals surface area contributed by atoms with E-state index < -0.39 is 7.60 Å². The third-order valence-electron chi connectivity index (χ3n) is 3.07. The lowest BCUT2D eigenvalue weighted by Crippen LogP contribution is -2.26. The summed E-state index contributed by atoms with van der Waals surface area (Å²) >= 11 is 0. The molecule has 0 radical (unpaired) electrons. The summed E-state index contributed by atoms with van der Waals surface area (Å²) in [6.45, 7) is 1.04. The molecule has 1 saturated heterocycles. The molecule has 1 heterocycles. The normalized spacial score (nSPS) is 21.3. The molecule has 1 atom stereocenters. The molecule has 100 valence electrons. The predicted molar refractivity (Wildman–Crippen MR) is 68.3 cm³/mol. The van der Waals surface area contributed by atoms with Crippen LogP contribution in [0.5, 0.6) is 0 Å². The summed E-state index contributed by atoms with van der Waals surface area (Å²) in [7, 11) is -0.239. The molecule has 1 aliphatic rings. The van der Waals surface area contributed by atoms with E-state index in [1.165, 1.54) is 14.2 Å². The molecule has 18 heavy (non-hydrogen) atoms. The van der Waals surface area contributed by atoms with Crippen LogP contribution in [0.25, 0.3) is 0 Å². The first-order valence-corrected chi connectivity index (χ1v) is 7.48. The Labute approximate surface area is 107 Å². The van der Waals surface area contributed by atoms with Gasteiger partial charge in [-0.25, -0.2) is 0 Å². The second-order valence-electron chi connectivity index (χ2n) is 4.13. The Bertz CT molecular complexity index is 417. The van der Waals surface area contributed by atoms with Crippen molar-refractivity contribution in [2.24, 2.45) is 0 Å². The number of rotatable bonds is 5. The third-order valence-corrected chi connectivity index (χ3v) is 4.89. The van der Waals surface area contributed by atoms with Gasteiger partial charge in [-0.3, -0.25) is 9.46 Å². The molecule has 2 rings (SSSR count). The zero-order valence-electron chi connectivity index (χ0n) is 10.6. The minimum absolute atomic E-state index is 0.102. The molecular formula is C12H18NO4P. The Morgan fingerprint density at radius 3 is 2.61 bits per heavy atom. The fourth-order valence-corrected chi connectivity index (χ4v) is 3.11. The molecule has 0 bridgehead atoms. The van der Waals surface area contributed by atoms with Crippen LogP contribution in [0.2, 0.25) is 0 Å². The Morgan fingerprint density at radius 1 is 1.33 bits per heavy atom. The van der Waals surface area contributed by atoms with Crippen LogP contribution in [-0.2, 0) is 18.3 Å². The monoisotopic (exact) mass is 271 g/mol. The lowest BCUT2D eigenvalue weighted by atomic mass is 10.1. The van der Waals surface area contributed by atoms with Crippen LogP contribution in [0.3, 0.4) is 0 Å². The van der Waals surface area contributed by atoms with Gasteiger partial charge < -0.3 is 13.8 Å². The van der Waals surface area contributed by atoms with E-state index in [-0.39, 0.29) is 12.3 Å². The second kappa shape index (κ2) is 5.95. The van der Waals surface area contributed by atoms with Crippen molar-refractivity contribution in [3.05, 3.63) is 35.9 Å². The smallest absolute Gasteiger partial charge is 0.344 e. The van der Waals surface area contributed by atoms with Gasteiger partial charge in [0, 0.05) is 14.2 Å². The molecule has 0 unspecified atom stereocenters. The highest BCUT2D eigenvalue weighted by molar-refractivity contribution is 7.53. The summed E-state index contributed by atoms with van der Waals surface area (Å²) < 4.78 is 27.5. The van der Waals surface area contributed by atoms with Crippen molar-refractivity contribution in [1.29, 1.82) is 0 Å². The SMILES string of the molecule is COP(=O)(CN1COC[C@H]1c1ccccc1)OC. The van der Waals surface area contributed by atoms with E-state index in [0.717, 1.165) is 5.56 Å². The number of hydrogen-bond acceptors (Lipinski definition) is 5. The molecule has 1 aromatic rings. The Morgan fingerprint density at radius 2 is 2.00 bits per heavy atom. The minimum atomic E-state index is -3.04. The summed E-state index contributed by atoms with van der Waals surface area (Å²) in [5.74, 6) is 0. The molecule has 0 spiro atoms. The van der Waals surface area contributed by atoms with E-state index in [4.69, 9.17) is 13.8 Å². The van der Waals surface area contributed by atoms with E-state index in [1.807, 2.05) is 35.2 Å². The van der Waals surface area contributed by atoms with Crippen molar-refractivity contribution >= 4 is 7.60 Å². The molecule has 0 N–H and O–H groups in total. The van der Waals surface area contributed by atoms with Crippen LogP contribution in [0.1, 0.15) is 11.6 Å². The summed E-state index contributed by atoms with van der Waals surface area (Å²) in [4.78, 5) is 1.98. The maximum Gasteiger partial charge on any atom is 0.344 e. The van der Waals surface area contributed by atoms with Gasteiger partial charge in [0.2, 0.25) is 0 Å². The maximum absolute atomic E-state index is 12.1. The van der Waals surface area contributed by atoms with Gasteiger partial charge in [0.15, 0.2) is 0 Å². The first-order valence-electron chi connectivity index (χ1n) is 5.76. The van der Waals surface area contributed by atoms with E-state index in [1.54, 1.807) is 0 Å². The van der Waals surface area contributed by atoms with Crippen LogP contribution < -0.4 is 0 Å². The molecule has 6 heteroatoms. The van der Waals surface area contributed by atoms with Crippen LogP contribution >= 0.6 is 7.60 Å². The second-order valence-corrected chi connectivity index (χ2v) is 6.37. The van der Waals surface area contributed by atoms with Gasteiger partial charge in [-0.05, 0) is 5.56 Å². The van der Waals surface area contributed by atoms with Gasteiger partial charge >= 0.3 is 7.60 Å². The molecule has 0 aromatic heterocycles. The zero-order valence-corrected chi connectivity index (χ0v) is 11.5. The van der Waals surface area contributed by atoms with Gasteiger partial charge in [0.1, 0.15) is 13.0 Å². The van der Waals surface area contributed by atoms with E-state index in [9.17, 15) is 4.57 Å². The standard InChI is InChI=1S/C12H18NO4P/c1-15-18(14,16-2)10-13-9-17-8-12(13)11-6-4-3-5-7-11/h3-7,12H,8-10H2,1-2H3/t12-/m0/s1. The van der Waals surface area contributed by atoms with Gasteiger partial charge in [0.05, 0.1) is 12.6 Å². The third kappa shape index (κ3) is 2.99. The van der Waals surface area contributed by atoms with Gasteiger partial charge in [0.25, 0.3) is 0 Å². The first kappa shape index (κ1) is 13.7. The highest BCUT2D eigenvalue weighted by Crippen LogP contribution is 2.48. The van der Waals surface area contributed by atoms with Crippen molar-refractivity contribution in [2.45, 2.75) is 6.04 Å². The minimum Gasteiger partial charge on any atom is -0.364 e. The molecule has 5 nitrogen and oxygen atoms in total. The number of nitrogens with zero attached hydrogens (tertiary/aromatic N) is 1. The van der Waals surface area contributed by atoms with Gasteiger partial charge in [-0.15, -0.1) is 0 Å². The Hall–Kier alpha value is -0.710. The van der Waals surface area contributed by atoms with Crippen molar-refractivity contribution in [3.8, 4) is 0 Å². The van der Waals surface area contributed by atoms with Crippen LogP contribution in [-0.4, -0.2) is 38.7 Å². The van der Waals surface area contributed by atoms with E-state index in [2.05, 4.69) is 0 Å². The molecule has 0 saturated carbocycles. The molecule has 0 amide bonds.